The second kappa shape index (κ2) is 6.51. The van der Waals surface area contributed by atoms with Crippen LogP contribution in [0.2, 0.25) is 5.02 Å². The van der Waals surface area contributed by atoms with Gasteiger partial charge in [-0.1, -0.05) is 17.7 Å². The monoisotopic (exact) mass is 296 g/mol. The van der Waals surface area contributed by atoms with Crippen LogP contribution < -0.4 is 10.6 Å². The second-order valence-corrected chi connectivity index (χ2v) is 4.62. The van der Waals surface area contributed by atoms with Gasteiger partial charge in [-0.15, -0.1) is 0 Å². The molecule has 1 aromatic carbocycles. The number of rotatable bonds is 4. The van der Waals surface area contributed by atoms with Crippen LogP contribution in [0.3, 0.4) is 0 Å². The van der Waals surface area contributed by atoms with Gasteiger partial charge in [0, 0.05) is 17.8 Å². The van der Waals surface area contributed by atoms with Gasteiger partial charge in [0.25, 0.3) is 0 Å². The molecule has 2 N–H and O–H groups in total. The van der Waals surface area contributed by atoms with Crippen LogP contribution in [0.4, 0.5) is 11.4 Å². The third-order valence-electron chi connectivity index (χ3n) is 2.23. The summed E-state index contributed by atoms with van der Waals surface area (Å²) in [5, 5.41) is 11.3. The summed E-state index contributed by atoms with van der Waals surface area (Å²) >= 11 is 11.1. The fourth-order valence-electron chi connectivity index (χ4n) is 1.49. The highest BCUT2D eigenvalue weighted by atomic mass is 35.5. The van der Waals surface area contributed by atoms with Crippen LogP contribution in [0.1, 0.15) is 0 Å². The Morgan fingerprint density at radius 2 is 2.21 bits per heavy atom. The summed E-state index contributed by atoms with van der Waals surface area (Å²) < 4.78 is 6.62. The van der Waals surface area contributed by atoms with Crippen molar-refractivity contribution in [3.05, 3.63) is 41.7 Å². The summed E-state index contributed by atoms with van der Waals surface area (Å²) in [6.07, 6.45) is 3.47. The number of methoxy groups -OCH3 is 1. The third-order valence-corrected chi connectivity index (χ3v) is 2.67. The fourth-order valence-corrected chi connectivity index (χ4v) is 1.92. The predicted molar refractivity (Wildman–Crippen MR) is 80.5 cm³/mol. The SMILES string of the molecule is COCn1cc(NC(=S)Nc2cccc(Cl)c2)cn1. The maximum Gasteiger partial charge on any atom is 0.175 e. The number of hydrogen-bond acceptors (Lipinski definition) is 3. The Bertz CT molecular complexity index is 572. The Morgan fingerprint density at radius 3 is 2.95 bits per heavy atom. The van der Waals surface area contributed by atoms with E-state index in [0.29, 0.717) is 16.9 Å². The molecular formula is C12H13ClN4OS. The summed E-state index contributed by atoms with van der Waals surface area (Å²) in [4.78, 5) is 0. The molecule has 0 unspecified atom stereocenters. The van der Waals surface area contributed by atoms with Crippen molar-refractivity contribution < 1.29 is 4.74 Å². The van der Waals surface area contributed by atoms with Crippen molar-refractivity contribution in [3.63, 3.8) is 0 Å². The predicted octanol–water partition coefficient (Wildman–Crippen LogP) is 2.95. The molecule has 0 atom stereocenters. The van der Waals surface area contributed by atoms with Crippen LogP contribution in [-0.2, 0) is 11.5 Å². The number of halogens is 1. The van der Waals surface area contributed by atoms with Crippen molar-refractivity contribution in [2.45, 2.75) is 6.73 Å². The number of thiocarbonyl (C=S) groups is 1. The van der Waals surface area contributed by atoms with Gasteiger partial charge in [-0.3, -0.25) is 0 Å². The molecule has 5 nitrogen and oxygen atoms in total. The zero-order chi connectivity index (χ0) is 13.7. The highest BCUT2D eigenvalue weighted by Gasteiger charge is 2.02. The number of nitrogens with one attached hydrogen (secondary N) is 2. The molecule has 0 radical (unpaired) electrons. The lowest BCUT2D eigenvalue weighted by Crippen LogP contribution is -2.18. The van der Waals surface area contributed by atoms with Crippen LogP contribution in [0, 0.1) is 0 Å². The molecule has 2 rings (SSSR count). The van der Waals surface area contributed by atoms with Crippen LogP contribution in [0.5, 0.6) is 0 Å². The van der Waals surface area contributed by atoms with Crippen molar-refractivity contribution in [2.24, 2.45) is 0 Å². The van der Waals surface area contributed by atoms with Gasteiger partial charge in [-0.2, -0.15) is 5.10 Å². The summed E-state index contributed by atoms with van der Waals surface area (Å²) in [6.45, 7) is 0.399. The van der Waals surface area contributed by atoms with Gasteiger partial charge >= 0.3 is 0 Å². The van der Waals surface area contributed by atoms with Gasteiger partial charge < -0.3 is 15.4 Å². The Labute approximate surface area is 121 Å². The maximum absolute atomic E-state index is 5.90. The average molecular weight is 297 g/mol. The zero-order valence-electron chi connectivity index (χ0n) is 10.3. The van der Waals surface area contributed by atoms with E-state index in [1.54, 1.807) is 36.3 Å². The topological polar surface area (TPSA) is 51.1 Å². The maximum atomic E-state index is 5.90. The summed E-state index contributed by atoms with van der Waals surface area (Å²) in [6, 6.07) is 7.33. The summed E-state index contributed by atoms with van der Waals surface area (Å²) in [7, 11) is 1.61. The third kappa shape index (κ3) is 4.20. The molecule has 100 valence electrons. The van der Waals surface area contributed by atoms with Crippen molar-refractivity contribution >= 4 is 40.3 Å². The molecule has 0 spiro atoms. The van der Waals surface area contributed by atoms with Crippen LogP contribution in [-0.4, -0.2) is 22.0 Å². The highest BCUT2D eigenvalue weighted by molar-refractivity contribution is 7.80. The van der Waals surface area contributed by atoms with E-state index >= 15 is 0 Å². The van der Waals surface area contributed by atoms with Crippen molar-refractivity contribution in [2.75, 3.05) is 17.7 Å². The first kappa shape index (κ1) is 13.8. The molecule has 7 heteroatoms. The van der Waals surface area contributed by atoms with E-state index in [1.165, 1.54) is 0 Å². The first-order valence-corrected chi connectivity index (χ1v) is 6.31. The van der Waals surface area contributed by atoms with Gasteiger partial charge in [0.05, 0.1) is 18.1 Å². The van der Waals surface area contributed by atoms with Crippen LogP contribution >= 0.6 is 23.8 Å². The molecule has 2 aromatic rings. The Hall–Kier alpha value is -1.63. The number of anilines is 2. The summed E-state index contributed by atoms with van der Waals surface area (Å²) in [5.74, 6) is 0. The Balaban J connectivity index is 1.93. The number of hydrogen-bond donors (Lipinski definition) is 2. The van der Waals surface area contributed by atoms with E-state index in [-0.39, 0.29) is 0 Å². The van der Waals surface area contributed by atoms with E-state index in [2.05, 4.69) is 15.7 Å². The molecule has 0 aliphatic heterocycles. The van der Waals surface area contributed by atoms with Crippen LogP contribution in [0.25, 0.3) is 0 Å². The molecule has 0 aliphatic rings. The lowest BCUT2D eigenvalue weighted by atomic mass is 10.3. The van der Waals surface area contributed by atoms with Crippen molar-refractivity contribution in [1.29, 1.82) is 0 Å². The molecule has 1 aromatic heterocycles. The quantitative estimate of drug-likeness (QED) is 0.850. The minimum atomic E-state index is 0.399. The van der Waals surface area contributed by atoms with E-state index in [1.807, 2.05) is 12.1 Å². The molecule has 0 saturated carbocycles. The van der Waals surface area contributed by atoms with E-state index in [9.17, 15) is 0 Å². The van der Waals surface area contributed by atoms with Gasteiger partial charge in [0.2, 0.25) is 0 Å². The first-order chi connectivity index (χ1) is 9.17. The van der Waals surface area contributed by atoms with E-state index in [0.717, 1.165) is 11.4 Å². The van der Waals surface area contributed by atoms with E-state index in [4.69, 9.17) is 28.6 Å². The number of ether oxygens (including phenoxy) is 1. The normalized spacial score (nSPS) is 10.2. The standard InChI is InChI=1S/C12H13ClN4OS/c1-18-8-17-7-11(6-14-17)16-12(19)15-10-4-2-3-9(13)5-10/h2-7H,8H2,1H3,(H2,15,16,19). The molecule has 1 heterocycles. The molecule has 0 bridgehead atoms. The lowest BCUT2D eigenvalue weighted by molar-refractivity contribution is 0.120. The molecular weight excluding hydrogens is 284 g/mol. The molecule has 0 amide bonds. The van der Waals surface area contributed by atoms with Gasteiger partial charge in [-0.25, -0.2) is 4.68 Å². The van der Waals surface area contributed by atoms with E-state index < -0.39 is 0 Å². The number of nitrogens with zero attached hydrogens (tertiary/aromatic N) is 2. The molecule has 0 fully saturated rings. The highest BCUT2D eigenvalue weighted by Crippen LogP contribution is 2.15. The summed E-state index contributed by atoms with van der Waals surface area (Å²) in [5.41, 5.74) is 1.62. The number of benzene rings is 1. The Morgan fingerprint density at radius 1 is 1.42 bits per heavy atom. The molecule has 19 heavy (non-hydrogen) atoms. The fraction of sp³-hybridized carbons (Fsp3) is 0.167. The Kier molecular flexibility index (Phi) is 4.73. The zero-order valence-corrected chi connectivity index (χ0v) is 11.8. The smallest absolute Gasteiger partial charge is 0.175 e. The van der Waals surface area contributed by atoms with Gasteiger partial charge in [0.15, 0.2) is 5.11 Å². The van der Waals surface area contributed by atoms with Crippen molar-refractivity contribution in [1.82, 2.24) is 9.78 Å². The molecule has 0 aliphatic carbocycles. The minimum Gasteiger partial charge on any atom is -0.362 e. The minimum absolute atomic E-state index is 0.399. The largest absolute Gasteiger partial charge is 0.362 e. The second-order valence-electron chi connectivity index (χ2n) is 3.78. The average Bonchev–Trinajstić information content (AvgIpc) is 2.77. The van der Waals surface area contributed by atoms with Gasteiger partial charge in [0.1, 0.15) is 6.73 Å². The lowest BCUT2D eigenvalue weighted by Gasteiger charge is -2.08. The molecule has 0 saturated heterocycles. The first-order valence-electron chi connectivity index (χ1n) is 5.52. The van der Waals surface area contributed by atoms with Gasteiger partial charge in [-0.05, 0) is 30.4 Å². The van der Waals surface area contributed by atoms with Crippen molar-refractivity contribution in [3.8, 4) is 0 Å². The number of aromatic nitrogens is 2. The van der Waals surface area contributed by atoms with Crippen LogP contribution in [0.15, 0.2) is 36.7 Å².